The predicted octanol–water partition coefficient (Wildman–Crippen LogP) is -0.940. The molecule has 1 aromatic rings. The van der Waals surface area contributed by atoms with Crippen molar-refractivity contribution in [2.45, 2.75) is 0 Å². The molecule has 8 nitrogen and oxygen atoms in total. The van der Waals surface area contributed by atoms with Crippen LogP contribution >= 0.6 is 0 Å². The molecule has 0 bridgehead atoms. The van der Waals surface area contributed by atoms with Crippen molar-refractivity contribution < 1.29 is 18.4 Å². The lowest BCUT2D eigenvalue weighted by molar-refractivity contribution is 0.0956. The second kappa shape index (κ2) is 6.87. The molecule has 0 aliphatic heterocycles. The highest BCUT2D eigenvalue weighted by molar-refractivity contribution is 7.89. The highest BCUT2D eigenvalue weighted by Crippen LogP contribution is 2.04. The maximum absolute atomic E-state index is 11.7. The first-order valence-corrected chi connectivity index (χ1v) is 7.32. The van der Waals surface area contributed by atoms with E-state index in [1.807, 2.05) is 0 Å². The number of nitrogens with one attached hydrogen (secondary N) is 2. The molecule has 0 aliphatic rings. The third-order valence-electron chi connectivity index (χ3n) is 2.52. The zero-order valence-corrected chi connectivity index (χ0v) is 11.6. The van der Waals surface area contributed by atoms with Gasteiger partial charge in [-0.1, -0.05) is 17.3 Å². The van der Waals surface area contributed by atoms with Gasteiger partial charge in [0.1, 0.15) is 0 Å². The smallest absolute Gasteiger partial charge is 0.251 e. The van der Waals surface area contributed by atoms with Crippen molar-refractivity contribution in [3.05, 3.63) is 35.4 Å². The molecule has 0 saturated heterocycles. The molecule has 0 aliphatic carbocycles. The van der Waals surface area contributed by atoms with E-state index in [1.165, 1.54) is 31.3 Å². The van der Waals surface area contributed by atoms with Crippen molar-refractivity contribution in [1.82, 2.24) is 10.0 Å². The monoisotopic (exact) mass is 300 g/mol. The van der Waals surface area contributed by atoms with Crippen molar-refractivity contribution in [2.75, 3.05) is 19.3 Å². The van der Waals surface area contributed by atoms with Crippen molar-refractivity contribution in [3.8, 4) is 0 Å². The molecule has 0 fully saturated rings. The minimum absolute atomic E-state index is 0.00396. The summed E-state index contributed by atoms with van der Waals surface area (Å²) in [4.78, 5) is 11.7. The molecule has 0 unspecified atom stereocenters. The van der Waals surface area contributed by atoms with Crippen LogP contribution in [-0.4, -0.2) is 44.7 Å². The van der Waals surface area contributed by atoms with Crippen LogP contribution in [0.15, 0.2) is 29.4 Å². The number of amides is 1. The molecule has 20 heavy (non-hydrogen) atoms. The van der Waals surface area contributed by atoms with Gasteiger partial charge in [-0.15, -0.1) is 0 Å². The van der Waals surface area contributed by atoms with E-state index in [0.29, 0.717) is 11.1 Å². The lowest BCUT2D eigenvalue weighted by Gasteiger charge is -2.06. The van der Waals surface area contributed by atoms with E-state index in [4.69, 9.17) is 10.9 Å². The fourth-order valence-electron chi connectivity index (χ4n) is 1.35. The molecular formula is C11H16N4O4S. The summed E-state index contributed by atoms with van der Waals surface area (Å²) < 4.78 is 24.5. The number of rotatable bonds is 6. The number of hydrogen-bond acceptors (Lipinski definition) is 5. The van der Waals surface area contributed by atoms with Gasteiger partial charge in [0.05, 0.1) is 5.75 Å². The number of amidine groups is 1. The molecule has 1 rings (SSSR count). The van der Waals surface area contributed by atoms with E-state index in [0.717, 1.165) is 0 Å². The normalized spacial score (nSPS) is 12.2. The number of nitrogens with two attached hydrogens (primary N) is 1. The Labute approximate surface area is 116 Å². The zero-order valence-electron chi connectivity index (χ0n) is 10.8. The summed E-state index contributed by atoms with van der Waals surface area (Å²) in [6.07, 6.45) is 0. The molecule has 0 aromatic heterocycles. The average molecular weight is 300 g/mol. The highest BCUT2D eigenvalue weighted by atomic mass is 32.2. The Morgan fingerprint density at radius 1 is 1.30 bits per heavy atom. The standard InChI is InChI=1S/C11H16N4O4S/c1-13-20(18,19)7-6-14-11(16)9-4-2-8(3-5-9)10(12)15-17/h2-5,13,17H,6-7H2,1H3,(H2,12,15)(H,14,16). The van der Waals surface area contributed by atoms with E-state index in [1.54, 1.807) is 0 Å². The summed E-state index contributed by atoms with van der Waals surface area (Å²) in [7, 11) is -2.03. The third-order valence-corrected chi connectivity index (χ3v) is 3.88. The SMILES string of the molecule is CNS(=O)(=O)CCNC(=O)c1ccc(/C(N)=N/O)cc1. The first-order chi connectivity index (χ1) is 9.39. The number of sulfonamides is 1. The van der Waals surface area contributed by atoms with Crippen molar-refractivity contribution >= 4 is 21.8 Å². The molecular weight excluding hydrogens is 284 g/mol. The van der Waals surface area contributed by atoms with Crippen LogP contribution < -0.4 is 15.8 Å². The summed E-state index contributed by atoms with van der Waals surface area (Å²) in [5.74, 6) is -0.656. The van der Waals surface area contributed by atoms with E-state index < -0.39 is 15.9 Å². The van der Waals surface area contributed by atoms with Gasteiger partial charge >= 0.3 is 0 Å². The predicted molar refractivity (Wildman–Crippen MR) is 74.1 cm³/mol. The molecule has 0 saturated carbocycles. The van der Waals surface area contributed by atoms with Crippen LogP contribution in [0.2, 0.25) is 0 Å². The van der Waals surface area contributed by atoms with Crippen molar-refractivity contribution in [3.63, 3.8) is 0 Å². The summed E-state index contributed by atoms with van der Waals surface area (Å²) >= 11 is 0. The Balaban J connectivity index is 2.61. The van der Waals surface area contributed by atoms with Gasteiger partial charge in [0.25, 0.3) is 5.91 Å². The Kier molecular flexibility index (Phi) is 5.47. The van der Waals surface area contributed by atoms with E-state index >= 15 is 0 Å². The van der Waals surface area contributed by atoms with Gasteiger partial charge in [-0.2, -0.15) is 0 Å². The molecule has 5 N–H and O–H groups in total. The zero-order chi connectivity index (χ0) is 15.2. The number of carbonyl (C=O) groups excluding carboxylic acids is 1. The third kappa shape index (κ3) is 4.52. The number of nitrogens with zero attached hydrogens (tertiary/aromatic N) is 1. The average Bonchev–Trinajstić information content (AvgIpc) is 2.46. The van der Waals surface area contributed by atoms with Gasteiger partial charge in [0.15, 0.2) is 5.84 Å². The first kappa shape index (κ1) is 15.9. The van der Waals surface area contributed by atoms with Crippen LogP contribution in [0.5, 0.6) is 0 Å². The van der Waals surface area contributed by atoms with Gasteiger partial charge < -0.3 is 16.3 Å². The molecule has 110 valence electrons. The lowest BCUT2D eigenvalue weighted by atomic mass is 10.1. The van der Waals surface area contributed by atoms with Crippen LogP contribution in [0.3, 0.4) is 0 Å². The van der Waals surface area contributed by atoms with Crippen molar-refractivity contribution in [2.24, 2.45) is 10.9 Å². The van der Waals surface area contributed by atoms with Gasteiger partial charge in [0, 0.05) is 17.7 Å². The summed E-state index contributed by atoms with van der Waals surface area (Å²) in [5.41, 5.74) is 6.21. The Bertz CT molecular complexity index is 595. The second-order valence-corrected chi connectivity index (χ2v) is 5.89. The maximum Gasteiger partial charge on any atom is 0.251 e. The van der Waals surface area contributed by atoms with Crippen LogP contribution in [0.25, 0.3) is 0 Å². The minimum Gasteiger partial charge on any atom is -0.409 e. The Hall–Kier alpha value is -2.13. The van der Waals surface area contributed by atoms with Crippen molar-refractivity contribution in [1.29, 1.82) is 0 Å². The Morgan fingerprint density at radius 2 is 1.85 bits per heavy atom. The topological polar surface area (TPSA) is 134 Å². The molecule has 0 radical (unpaired) electrons. The lowest BCUT2D eigenvalue weighted by Crippen LogP contribution is -2.32. The molecule has 9 heteroatoms. The van der Waals surface area contributed by atoms with Crippen LogP contribution in [-0.2, 0) is 10.0 Å². The summed E-state index contributed by atoms with van der Waals surface area (Å²) in [6, 6.07) is 6.03. The fourth-order valence-corrected chi connectivity index (χ4v) is 1.93. The highest BCUT2D eigenvalue weighted by Gasteiger charge is 2.09. The number of carbonyl (C=O) groups is 1. The summed E-state index contributed by atoms with van der Waals surface area (Å²) in [6.45, 7) is 0.00396. The fraction of sp³-hybridized carbons (Fsp3) is 0.273. The maximum atomic E-state index is 11.7. The van der Waals surface area contributed by atoms with E-state index in [-0.39, 0.29) is 18.1 Å². The molecule has 0 spiro atoms. The quantitative estimate of drug-likeness (QED) is 0.233. The number of benzene rings is 1. The van der Waals surface area contributed by atoms with Crippen LogP contribution in [0.4, 0.5) is 0 Å². The minimum atomic E-state index is -3.34. The van der Waals surface area contributed by atoms with Gasteiger partial charge in [0.2, 0.25) is 10.0 Å². The van der Waals surface area contributed by atoms with E-state index in [2.05, 4.69) is 15.2 Å². The molecule has 0 atom stereocenters. The van der Waals surface area contributed by atoms with Crippen LogP contribution in [0, 0.1) is 0 Å². The van der Waals surface area contributed by atoms with Gasteiger partial charge in [-0.05, 0) is 19.2 Å². The largest absolute Gasteiger partial charge is 0.409 e. The number of oxime groups is 1. The van der Waals surface area contributed by atoms with Gasteiger partial charge in [-0.3, -0.25) is 4.79 Å². The molecule has 0 heterocycles. The Morgan fingerprint density at radius 3 is 2.35 bits per heavy atom. The van der Waals surface area contributed by atoms with E-state index in [9.17, 15) is 13.2 Å². The van der Waals surface area contributed by atoms with Gasteiger partial charge in [-0.25, -0.2) is 13.1 Å². The second-order valence-electron chi connectivity index (χ2n) is 3.84. The molecule has 1 amide bonds. The number of hydrogen-bond donors (Lipinski definition) is 4. The summed E-state index contributed by atoms with van der Waals surface area (Å²) in [5, 5.41) is 13.8. The first-order valence-electron chi connectivity index (χ1n) is 5.67. The van der Waals surface area contributed by atoms with Crippen LogP contribution in [0.1, 0.15) is 15.9 Å². The molecule has 1 aromatic carbocycles.